The number of carbonyl (C=O) groups excluding carboxylic acids is 3. The zero-order valence-electron chi connectivity index (χ0n) is 16.1. The van der Waals surface area contributed by atoms with Crippen molar-refractivity contribution in [2.75, 3.05) is 20.3 Å². The lowest BCUT2D eigenvalue weighted by Gasteiger charge is -2.04. The number of Topliss-reactive ketones (excluding diaryl/α,β-unsaturated/α-hetero) is 1. The van der Waals surface area contributed by atoms with E-state index in [-0.39, 0.29) is 12.3 Å². The van der Waals surface area contributed by atoms with E-state index in [1.54, 1.807) is 56.3 Å². The van der Waals surface area contributed by atoms with E-state index in [0.717, 1.165) is 0 Å². The highest BCUT2D eigenvalue weighted by molar-refractivity contribution is 6.43. The van der Waals surface area contributed by atoms with E-state index in [2.05, 4.69) is 14.7 Å². The maximum atomic E-state index is 11.5. The first-order valence-electron chi connectivity index (χ1n) is 8.65. The number of nitrogens with zero attached hydrogens (tertiary/aromatic N) is 1. The molecule has 0 spiro atoms. The molecule has 0 saturated carbocycles. The Morgan fingerprint density at radius 3 is 1.68 bits per heavy atom. The number of ether oxygens (including phenoxy) is 2. The number of hydrogen-bond donors (Lipinski definition) is 0. The number of ketones is 1. The average molecular weight is 385 g/mol. The number of esters is 2. The van der Waals surface area contributed by atoms with Gasteiger partial charge in [-0.25, -0.2) is 9.59 Å². The van der Waals surface area contributed by atoms with Crippen LogP contribution in [-0.2, 0) is 23.9 Å². The van der Waals surface area contributed by atoms with Crippen molar-refractivity contribution in [2.45, 2.75) is 13.8 Å². The zero-order valence-corrected chi connectivity index (χ0v) is 16.1. The van der Waals surface area contributed by atoms with Crippen molar-refractivity contribution in [3.8, 4) is 0 Å². The molecule has 0 aliphatic heterocycles. The molecule has 2 rings (SSSR count). The number of rotatable bonds is 7. The number of benzene rings is 2. The SMILES string of the molecule is CCOC(=O)C(=NOC)c1ccccc1.CCOC(=O)C(=O)c1ccccc1. The molecule has 7 heteroatoms. The summed E-state index contributed by atoms with van der Waals surface area (Å²) in [5.41, 5.74) is 1.22. The van der Waals surface area contributed by atoms with Crippen molar-refractivity contribution >= 4 is 23.4 Å². The van der Waals surface area contributed by atoms with Crippen LogP contribution in [0.25, 0.3) is 0 Å². The highest BCUT2D eigenvalue weighted by atomic mass is 16.6. The third-order valence-electron chi connectivity index (χ3n) is 3.20. The lowest BCUT2D eigenvalue weighted by Crippen LogP contribution is -2.19. The molecule has 2 aromatic rings. The first-order valence-corrected chi connectivity index (χ1v) is 8.65. The van der Waals surface area contributed by atoms with E-state index in [4.69, 9.17) is 4.74 Å². The quantitative estimate of drug-likeness (QED) is 0.239. The van der Waals surface area contributed by atoms with E-state index >= 15 is 0 Å². The summed E-state index contributed by atoms with van der Waals surface area (Å²) in [5.74, 6) is -1.87. The molecule has 2 aromatic carbocycles. The Kier molecular flexibility index (Phi) is 10.3. The Balaban J connectivity index is 0.000000283. The normalized spacial score (nSPS) is 10.2. The summed E-state index contributed by atoms with van der Waals surface area (Å²) < 4.78 is 9.43. The summed E-state index contributed by atoms with van der Waals surface area (Å²) in [6.07, 6.45) is 0. The van der Waals surface area contributed by atoms with Gasteiger partial charge in [0, 0.05) is 11.1 Å². The van der Waals surface area contributed by atoms with Crippen molar-refractivity contribution in [3.63, 3.8) is 0 Å². The molecule has 0 fully saturated rings. The third kappa shape index (κ3) is 7.41. The molecule has 28 heavy (non-hydrogen) atoms. The van der Waals surface area contributed by atoms with Gasteiger partial charge in [-0.05, 0) is 13.8 Å². The molecule has 148 valence electrons. The van der Waals surface area contributed by atoms with Gasteiger partial charge in [-0.3, -0.25) is 4.79 Å². The first kappa shape index (κ1) is 22.6. The van der Waals surface area contributed by atoms with Crippen LogP contribution in [0.1, 0.15) is 29.8 Å². The second kappa shape index (κ2) is 12.8. The molecule has 0 aliphatic rings. The lowest BCUT2D eigenvalue weighted by molar-refractivity contribution is -0.137. The van der Waals surface area contributed by atoms with Crippen LogP contribution in [0.15, 0.2) is 65.8 Å². The topological polar surface area (TPSA) is 91.3 Å². The standard InChI is InChI=1S/C11H13NO3.C10H10O3/c1-3-15-11(13)10(12-14-2)9-7-5-4-6-8-9;1-2-13-10(12)9(11)8-6-4-3-5-7-8/h4-8H,3H2,1-2H3;3-7H,2H2,1H3. The Hall–Kier alpha value is -3.48. The number of oxime groups is 1. The summed E-state index contributed by atoms with van der Waals surface area (Å²) in [5, 5.41) is 3.66. The summed E-state index contributed by atoms with van der Waals surface area (Å²) >= 11 is 0. The van der Waals surface area contributed by atoms with E-state index < -0.39 is 17.7 Å². The molecule has 7 nitrogen and oxygen atoms in total. The molecule has 0 amide bonds. The second-order valence-electron chi connectivity index (χ2n) is 5.12. The molecule has 0 unspecified atom stereocenters. The Morgan fingerprint density at radius 1 is 0.750 bits per heavy atom. The molecule has 0 aromatic heterocycles. The maximum absolute atomic E-state index is 11.5. The average Bonchev–Trinajstić information content (AvgIpc) is 2.73. The van der Waals surface area contributed by atoms with Gasteiger partial charge in [-0.1, -0.05) is 65.8 Å². The predicted molar refractivity (Wildman–Crippen MR) is 104 cm³/mol. The fraction of sp³-hybridized carbons (Fsp3) is 0.238. The van der Waals surface area contributed by atoms with Gasteiger partial charge in [-0.2, -0.15) is 0 Å². The Morgan fingerprint density at radius 2 is 1.21 bits per heavy atom. The van der Waals surface area contributed by atoms with Crippen molar-refractivity contribution in [3.05, 3.63) is 71.8 Å². The second-order valence-corrected chi connectivity index (χ2v) is 5.12. The third-order valence-corrected chi connectivity index (χ3v) is 3.20. The van der Waals surface area contributed by atoms with Gasteiger partial charge in [0.1, 0.15) is 7.11 Å². The summed E-state index contributed by atoms with van der Waals surface area (Å²) in [4.78, 5) is 38.3. The summed E-state index contributed by atoms with van der Waals surface area (Å²) in [6.45, 7) is 3.94. The van der Waals surface area contributed by atoms with Gasteiger partial charge in [0.05, 0.1) is 13.2 Å². The van der Waals surface area contributed by atoms with Crippen LogP contribution in [-0.4, -0.2) is 43.8 Å². The van der Waals surface area contributed by atoms with E-state index in [1.165, 1.54) is 7.11 Å². The van der Waals surface area contributed by atoms with Gasteiger partial charge in [0.25, 0.3) is 5.78 Å². The van der Waals surface area contributed by atoms with Crippen molar-refractivity contribution in [1.82, 2.24) is 0 Å². The largest absolute Gasteiger partial charge is 0.461 e. The molecular weight excluding hydrogens is 362 g/mol. The van der Waals surface area contributed by atoms with Gasteiger partial charge in [0.15, 0.2) is 5.71 Å². The van der Waals surface area contributed by atoms with Gasteiger partial charge in [0.2, 0.25) is 0 Å². The van der Waals surface area contributed by atoms with Crippen LogP contribution in [0.5, 0.6) is 0 Å². The molecule has 0 saturated heterocycles. The van der Waals surface area contributed by atoms with Crippen LogP contribution < -0.4 is 0 Å². The maximum Gasteiger partial charge on any atom is 0.379 e. The predicted octanol–water partition coefficient (Wildman–Crippen LogP) is 3.03. The molecular formula is C21H23NO6. The van der Waals surface area contributed by atoms with Gasteiger partial charge in [-0.15, -0.1) is 0 Å². The zero-order chi connectivity index (χ0) is 20.8. The van der Waals surface area contributed by atoms with Crippen molar-refractivity contribution in [1.29, 1.82) is 0 Å². The summed E-state index contributed by atoms with van der Waals surface area (Å²) in [7, 11) is 1.39. The van der Waals surface area contributed by atoms with Crippen LogP contribution in [0, 0.1) is 0 Å². The molecule has 0 heterocycles. The number of hydrogen-bond acceptors (Lipinski definition) is 7. The fourth-order valence-electron chi connectivity index (χ4n) is 2.00. The minimum absolute atomic E-state index is 0.181. The van der Waals surface area contributed by atoms with Crippen LogP contribution in [0.3, 0.4) is 0 Å². The molecule has 0 radical (unpaired) electrons. The highest BCUT2D eigenvalue weighted by Crippen LogP contribution is 2.03. The monoisotopic (exact) mass is 385 g/mol. The lowest BCUT2D eigenvalue weighted by atomic mass is 10.1. The number of carbonyl (C=O) groups is 3. The van der Waals surface area contributed by atoms with Crippen LogP contribution >= 0.6 is 0 Å². The van der Waals surface area contributed by atoms with Crippen molar-refractivity contribution < 1.29 is 28.7 Å². The Labute approximate surface area is 163 Å². The minimum atomic E-state index is -0.797. The van der Waals surface area contributed by atoms with Crippen molar-refractivity contribution in [2.24, 2.45) is 5.16 Å². The molecule has 0 aliphatic carbocycles. The minimum Gasteiger partial charge on any atom is -0.461 e. The van der Waals surface area contributed by atoms with E-state index in [1.807, 2.05) is 18.2 Å². The van der Waals surface area contributed by atoms with E-state index in [9.17, 15) is 14.4 Å². The van der Waals surface area contributed by atoms with E-state index in [0.29, 0.717) is 17.7 Å². The molecule has 0 bridgehead atoms. The fourth-order valence-corrected chi connectivity index (χ4v) is 2.00. The van der Waals surface area contributed by atoms with Crippen LogP contribution in [0.4, 0.5) is 0 Å². The van der Waals surface area contributed by atoms with Gasteiger partial charge >= 0.3 is 11.9 Å². The Bertz CT molecular complexity index is 787. The first-order chi connectivity index (χ1) is 13.5. The smallest absolute Gasteiger partial charge is 0.379 e. The van der Waals surface area contributed by atoms with Crippen LogP contribution in [0.2, 0.25) is 0 Å². The summed E-state index contributed by atoms with van der Waals surface area (Å²) in [6, 6.07) is 17.4. The molecule has 0 atom stereocenters. The highest BCUT2D eigenvalue weighted by Gasteiger charge is 2.16. The van der Waals surface area contributed by atoms with Gasteiger partial charge < -0.3 is 14.3 Å². The molecule has 0 N–H and O–H groups in total.